The zero-order valence-electron chi connectivity index (χ0n) is 9.90. The molecule has 0 aliphatic heterocycles. The molecule has 0 saturated heterocycles. The molecule has 17 heavy (non-hydrogen) atoms. The fraction of sp³-hybridized carbons (Fsp3) is 0.154. The van der Waals surface area contributed by atoms with Crippen molar-refractivity contribution in [3.8, 4) is 5.75 Å². The van der Waals surface area contributed by atoms with E-state index in [9.17, 15) is 0 Å². The molecule has 2 rings (SSSR count). The Bertz CT molecular complexity index is 526. The Morgan fingerprint density at radius 1 is 1.24 bits per heavy atom. The van der Waals surface area contributed by atoms with Crippen molar-refractivity contribution >= 4 is 17.2 Å². The van der Waals surface area contributed by atoms with Crippen LogP contribution in [0, 0.1) is 6.92 Å². The quantitative estimate of drug-likeness (QED) is 0.849. The maximum absolute atomic E-state index is 5.78. The molecule has 0 unspecified atom stereocenters. The van der Waals surface area contributed by atoms with Crippen molar-refractivity contribution in [2.75, 3.05) is 18.2 Å². The molecule has 0 saturated carbocycles. The van der Waals surface area contributed by atoms with Gasteiger partial charge in [0.25, 0.3) is 0 Å². The summed E-state index contributed by atoms with van der Waals surface area (Å²) in [5, 5.41) is 3.22. The zero-order chi connectivity index (χ0) is 12.3. The highest BCUT2D eigenvalue weighted by atomic mass is 16.5. The number of rotatable bonds is 3. The first-order valence-corrected chi connectivity index (χ1v) is 5.33. The maximum Gasteiger partial charge on any atom is 0.147 e. The summed E-state index contributed by atoms with van der Waals surface area (Å²) in [6.45, 7) is 2.03. The third-order valence-electron chi connectivity index (χ3n) is 2.46. The number of ether oxygens (including phenoxy) is 1. The van der Waals surface area contributed by atoms with Gasteiger partial charge in [0, 0.05) is 6.20 Å². The SMILES string of the molecule is COc1ccc(C)cc1Nc1cccnc1N. The largest absolute Gasteiger partial charge is 0.495 e. The Balaban J connectivity index is 2.35. The van der Waals surface area contributed by atoms with Crippen LogP contribution in [-0.4, -0.2) is 12.1 Å². The van der Waals surface area contributed by atoms with Gasteiger partial charge in [0.1, 0.15) is 11.6 Å². The Hall–Kier alpha value is -2.23. The minimum absolute atomic E-state index is 0.469. The van der Waals surface area contributed by atoms with E-state index < -0.39 is 0 Å². The lowest BCUT2D eigenvalue weighted by molar-refractivity contribution is 0.416. The van der Waals surface area contributed by atoms with Crippen molar-refractivity contribution in [2.24, 2.45) is 0 Å². The van der Waals surface area contributed by atoms with Gasteiger partial charge in [-0.2, -0.15) is 0 Å². The third-order valence-corrected chi connectivity index (χ3v) is 2.46. The van der Waals surface area contributed by atoms with Gasteiger partial charge in [-0.3, -0.25) is 0 Å². The summed E-state index contributed by atoms with van der Waals surface area (Å²) in [7, 11) is 1.64. The Morgan fingerprint density at radius 2 is 2.06 bits per heavy atom. The van der Waals surface area contributed by atoms with Crippen LogP contribution in [0.1, 0.15) is 5.56 Å². The first kappa shape index (κ1) is 11.3. The number of nitrogen functional groups attached to an aromatic ring is 1. The number of benzene rings is 1. The number of hydrogen-bond donors (Lipinski definition) is 2. The maximum atomic E-state index is 5.78. The molecule has 0 bridgehead atoms. The minimum atomic E-state index is 0.469. The molecule has 0 aliphatic carbocycles. The van der Waals surface area contributed by atoms with Crippen LogP contribution in [-0.2, 0) is 0 Å². The number of nitrogens with zero attached hydrogens (tertiary/aromatic N) is 1. The molecule has 1 aromatic carbocycles. The monoisotopic (exact) mass is 229 g/mol. The standard InChI is InChI=1S/C13H15N3O/c1-9-5-6-12(17-2)11(8-9)16-10-4-3-7-15-13(10)14/h3-8,16H,1-2H3,(H2,14,15). The fourth-order valence-corrected chi connectivity index (χ4v) is 1.59. The fourth-order valence-electron chi connectivity index (χ4n) is 1.59. The Kier molecular flexibility index (Phi) is 3.14. The van der Waals surface area contributed by atoms with Crippen LogP contribution in [0.25, 0.3) is 0 Å². The van der Waals surface area contributed by atoms with E-state index in [4.69, 9.17) is 10.5 Å². The summed E-state index contributed by atoms with van der Waals surface area (Å²) in [5.74, 6) is 1.25. The van der Waals surface area contributed by atoms with Crippen molar-refractivity contribution in [1.82, 2.24) is 4.98 Å². The second-order valence-corrected chi connectivity index (χ2v) is 3.76. The molecule has 0 atom stereocenters. The van der Waals surface area contributed by atoms with Crippen LogP contribution in [0.3, 0.4) is 0 Å². The second kappa shape index (κ2) is 4.74. The number of nitrogens with one attached hydrogen (secondary N) is 1. The molecule has 2 aromatic rings. The van der Waals surface area contributed by atoms with Gasteiger partial charge in [-0.25, -0.2) is 4.98 Å². The molecule has 0 aliphatic rings. The van der Waals surface area contributed by atoms with Gasteiger partial charge in [-0.05, 0) is 36.8 Å². The van der Waals surface area contributed by atoms with Crippen LogP contribution in [0.15, 0.2) is 36.5 Å². The first-order chi connectivity index (χ1) is 8.20. The molecule has 4 nitrogen and oxygen atoms in total. The molecular weight excluding hydrogens is 214 g/mol. The molecule has 88 valence electrons. The predicted molar refractivity (Wildman–Crippen MR) is 69.7 cm³/mol. The number of aromatic nitrogens is 1. The van der Waals surface area contributed by atoms with E-state index in [1.807, 2.05) is 37.3 Å². The van der Waals surface area contributed by atoms with Gasteiger partial charge < -0.3 is 15.8 Å². The van der Waals surface area contributed by atoms with E-state index in [1.165, 1.54) is 0 Å². The summed E-state index contributed by atoms with van der Waals surface area (Å²) >= 11 is 0. The molecule has 0 amide bonds. The Labute approximate surface area is 100 Å². The summed E-state index contributed by atoms with van der Waals surface area (Å²) < 4.78 is 5.29. The minimum Gasteiger partial charge on any atom is -0.495 e. The summed E-state index contributed by atoms with van der Waals surface area (Å²) in [6, 6.07) is 9.64. The Morgan fingerprint density at radius 3 is 2.76 bits per heavy atom. The number of anilines is 3. The van der Waals surface area contributed by atoms with E-state index in [2.05, 4.69) is 10.3 Å². The van der Waals surface area contributed by atoms with Crippen molar-refractivity contribution in [1.29, 1.82) is 0 Å². The molecule has 0 fully saturated rings. The number of nitrogens with two attached hydrogens (primary N) is 1. The van der Waals surface area contributed by atoms with E-state index in [0.717, 1.165) is 22.7 Å². The van der Waals surface area contributed by atoms with E-state index >= 15 is 0 Å². The van der Waals surface area contributed by atoms with Crippen LogP contribution in [0.5, 0.6) is 5.75 Å². The lowest BCUT2D eigenvalue weighted by atomic mass is 10.2. The van der Waals surface area contributed by atoms with Gasteiger partial charge in [-0.15, -0.1) is 0 Å². The van der Waals surface area contributed by atoms with Crippen molar-refractivity contribution < 1.29 is 4.74 Å². The average molecular weight is 229 g/mol. The molecule has 1 aromatic heterocycles. The van der Waals surface area contributed by atoms with Gasteiger partial charge in [0.2, 0.25) is 0 Å². The van der Waals surface area contributed by atoms with Gasteiger partial charge in [-0.1, -0.05) is 6.07 Å². The molecule has 3 N–H and O–H groups in total. The normalized spacial score (nSPS) is 10.0. The summed E-state index contributed by atoms with van der Waals surface area (Å²) in [4.78, 5) is 4.03. The number of aryl methyl sites for hydroxylation is 1. The first-order valence-electron chi connectivity index (χ1n) is 5.33. The number of pyridine rings is 1. The molecule has 0 spiro atoms. The summed E-state index contributed by atoms with van der Waals surface area (Å²) in [6.07, 6.45) is 1.66. The summed E-state index contributed by atoms with van der Waals surface area (Å²) in [5.41, 5.74) is 8.59. The van der Waals surface area contributed by atoms with Crippen molar-refractivity contribution in [3.63, 3.8) is 0 Å². The molecule has 1 heterocycles. The second-order valence-electron chi connectivity index (χ2n) is 3.76. The van der Waals surface area contributed by atoms with Gasteiger partial charge >= 0.3 is 0 Å². The predicted octanol–water partition coefficient (Wildman–Crippen LogP) is 2.72. The smallest absolute Gasteiger partial charge is 0.147 e. The third kappa shape index (κ3) is 2.47. The van der Waals surface area contributed by atoms with Crippen LogP contribution in [0.2, 0.25) is 0 Å². The van der Waals surface area contributed by atoms with E-state index in [-0.39, 0.29) is 0 Å². The van der Waals surface area contributed by atoms with E-state index in [0.29, 0.717) is 5.82 Å². The van der Waals surface area contributed by atoms with Gasteiger partial charge in [0.15, 0.2) is 0 Å². The number of methoxy groups -OCH3 is 1. The highest BCUT2D eigenvalue weighted by Gasteiger charge is 2.05. The van der Waals surface area contributed by atoms with E-state index in [1.54, 1.807) is 13.3 Å². The van der Waals surface area contributed by atoms with Crippen LogP contribution < -0.4 is 15.8 Å². The highest BCUT2D eigenvalue weighted by molar-refractivity contribution is 5.73. The average Bonchev–Trinajstić information content (AvgIpc) is 2.32. The zero-order valence-corrected chi connectivity index (χ0v) is 9.90. The van der Waals surface area contributed by atoms with Gasteiger partial charge in [0.05, 0.1) is 18.5 Å². The molecule has 0 radical (unpaired) electrons. The van der Waals surface area contributed by atoms with Crippen molar-refractivity contribution in [2.45, 2.75) is 6.92 Å². The van der Waals surface area contributed by atoms with Crippen LogP contribution >= 0.6 is 0 Å². The topological polar surface area (TPSA) is 60.2 Å². The molecular formula is C13H15N3O. The lowest BCUT2D eigenvalue weighted by Crippen LogP contribution is -2.00. The molecule has 4 heteroatoms. The van der Waals surface area contributed by atoms with Crippen LogP contribution in [0.4, 0.5) is 17.2 Å². The highest BCUT2D eigenvalue weighted by Crippen LogP contribution is 2.29. The van der Waals surface area contributed by atoms with Crippen molar-refractivity contribution in [3.05, 3.63) is 42.1 Å². The lowest BCUT2D eigenvalue weighted by Gasteiger charge is -2.12. The number of hydrogen-bond acceptors (Lipinski definition) is 4.